The molecule has 6 nitrogen and oxygen atoms in total. The van der Waals surface area contributed by atoms with E-state index in [0.717, 1.165) is 25.9 Å². The number of aromatic nitrogens is 3. The second-order valence-corrected chi connectivity index (χ2v) is 6.14. The van der Waals surface area contributed by atoms with Crippen LogP contribution >= 0.6 is 12.8 Å². The number of hydrogen-bond acceptors (Lipinski definition) is 6. The zero-order valence-electron chi connectivity index (χ0n) is 13.1. The molecule has 3 heterocycles. The van der Waals surface area contributed by atoms with Gasteiger partial charge in [0.05, 0.1) is 12.3 Å². The van der Waals surface area contributed by atoms with Crippen molar-refractivity contribution in [3.05, 3.63) is 23.8 Å². The first-order chi connectivity index (χ1) is 11.9. The summed E-state index contributed by atoms with van der Waals surface area (Å²) < 4.78 is 78.0. The second kappa shape index (κ2) is 7.48. The molecule has 3 rings (SSSR count). The first-order valence-corrected chi connectivity index (χ1v) is 7.70. The zero-order valence-corrected chi connectivity index (χ0v) is 14.0. The predicted molar refractivity (Wildman–Crippen MR) is 83.1 cm³/mol. The number of nitrogens with zero attached hydrogens (tertiary/aromatic N) is 4. The molecule has 1 atom stereocenters. The van der Waals surface area contributed by atoms with E-state index < -0.39 is 35.1 Å². The maximum atomic E-state index is 13.2. The number of thiol groups is 1. The molecular weight excluding hydrogens is 388 g/mol. The van der Waals surface area contributed by atoms with E-state index in [1.165, 1.54) is 0 Å². The standard InChI is InChI=1S/C8H4F6N4.C5H11NOS/c9-3-1-5(7(10,11)8(12,13)14)18-4(3)2-16-6(15)17-18;7-5-2-1-3-6(8)4-5/h1-2H,(H2,15,17);5,7-8H,1-4H2. The molecule has 146 valence electrons. The highest BCUT2D eigenvalue weighted by molar-refractivity contribution is 7.77. The first kappa shape index (κ1) is 20.6. The summed E-state index contributed by atoms with van der Waals surface area (Å²) in [5, 5.41) is 12.1. The predicted octanol–water partition coefficient (Wildman–Crippen LogP) is 2.39. The lowest BCUT2D eigenvalue weighted by Gasteiger charge is -2.24. The fourth-order valence-corrected chi connectivity index (χ4v) is 2.60. The van der Waals surface area contributed by atoms with Crippen LogP contribution in [0.25, 0.3) is 5.52 Å². The van der Waals surface area contributed by atoms with Gasteiger partial charge in [-0.15, -0.1) is 5.10 Å². The van der Waals surface area contributed by atoms with E-state index in [4.69, 9.17) is 10.8 Å². The number of aliphatic hydroxyl groups is 1. The molecule has 1 aliphatic rings. The van der Waals surface area contributed by atoms with Crippen LogP contribution < -0.4 is 5.73 Å². The third-order valence-corrected chi connectivity index (χ3v) is 3.90. The summed E-state index contributed by atoms with van der Waals surface area (Å²) in [4.78, 5) is 3.31. The number of nitrogens with two attached hydrogens (primary N) is 1. The molecular formula is C13H15F6N5OS. The normalized spacial score (nSPS) is 19.3. The van der Waals surface area contributed by atoms with Crippen LogP contribution in [-0.2, 0) is 5.92 Å². The molecule has 0 saturated carbocycles. The monoisotopic (exact) mass is 403 g/mol. The van der Waals surface area contributed by atoms with E-state index in [-0.39, 0.29) is 16.7 Å². The second-order valence-electron chi connectivity index (χ2n) is 5.57. The van der Waals surface area contributed by atoms with Gasteiger partial charge in [-0.1, -0.05) is 12.8 Å². The van der Waals surface area contributed by atoms with E-state index in [1.54, 1.807) is 0 Å². The molecule has 1 unspecified atom stereocenters. The van der Waals surface area contributed by atoms with Crippen LogP contribution in [0, 0.1) is 5.82 Å². The number of piperidine rings is 1. The summed E-state index contributed by atoms with van der Waals surface area (Å²) >= 11 is 4.09. The topological polar surface area (TPSA) is 79.7 Å². The van der Waals surface area contributed by atoms with Crippen molar-refractivity contribution in [2.24, 2.45) is 0 Å². The van der Waals surface area contributed by atoms with Crippen LogP contribution in [0.3, 0.4) is 0 Å². The number of fused-ring (bicyclic) bond motifs is 1. The molecule has 1 saturated heterocycles. The largest absolute Gasteiger partial charge is 0.459 e. The lowest BCUT2D eigenvalue weighted by molar-refractivity contribution is -0.291. The SMILES string of the molecule is Nc1ncc2c(F)cc(C(F)(F)C(F)(F)F)n2n1.OC1CCCN(S)C1. The van der Waals surface area contributed by atoms with Crippen molar-refractivity contribution in [1.82, 2.24) is 18.9 Å². The van der Waals surface area contributed by atoms with Crippen LogP contribution in [-0.4, -0.2) is 49.4 Å². The Morgan fingerprint density at radius 1 is 1.27 bits per heavy atom. The lowest BCUT2D eigenvalue weighted by atomic mass is 10.1. The maximum absolute atomic E-state index is 13.2. The number of alkyl halides is 5. The van der Waals surface area contributed by atoms with Crippen LogP contribution in [0.2, 0.25) is 0 Å². The highest BCUT2D eigenvalue weighted by atomic mass is 32.1. The molecule has 0 amide bonds. The number of rotatable bonds is 1. The van der Waals surface area contributed by atoms with Gasteiger partial charge in [-0.05, 0) is 12.8 Å². The van der Waals surface area contributed by atoms with Gasteiger partial charge in [0.25, 0.3) is 0 Å². The summed E-state index contributed by atoms with van der Waals surface area (Å²) in [7, 11) is 0. The number of β-amino-alcohol motifs (C(OH)–C–C–N with tert-alkyl or cyclic N) is 1. The summed E-state index contributed by atoms with van der Waals surface area (Å²) in [6.07, 6.45) is -3.27. The number of aliphatic hydroxyl groups excluding tert-OH is 1. The van der Waals surface area contributed by atoms with Crippen LogP contribution in [0.1, 0.15) is 18.5 Å². The summed E-state index contributed by atoms with van der Waals surface area (Å²) in [6.45, 7) is 1.74. The summed E-state index contributed by atoms with van der Waals surface area (Å²) in [6, 6.07) is 0.0525. The van der Waals surface area contributed by atoms with Crippen molar-refractivity contribution in [2.45, 2.75) is 31.0 Å². The molecule has 2 aromatic rings. The van der Waals surface area contributed by atoms with Crippen molar-refractivity contribution >= 4 is 24.3 Å². The van der Waals surface area contributed by atoms with Crippen molar-refractivity contribution in [1.29, 1.82) is 0 Å². The van der Waals surface area contributed by atoms with Crippen molar-refractivity contribution in [3.63, 3.8) is 0 Å². The molecule has 0 aliphatic carbocycles. The third-order valence-electron chi connectivity index (χ3n) is 3.54. The third kappa shape index (κ3) is 4.32. The van der Waals surface area contributed by atoms with E-state index in [2.05, 4.69) is 22.9 Å². The molecule has 3 N–H and O–H groups in total. The summed E-state index contributed by atoms with van der Waals surface area (Å²) in [5.74, 6) is -7.10. The molecule has 0 spiro atoms. The van der Waals surface area contributed by atoms with Gasteiger partial charge >= 0.3 is 12.1 Å². The van der Waals surface area contributed by atoms with Gasteiger partial charge in [0.1, 0.15) is 11.2 Å². The van der Waals surface area contributed by atoms with Crippen molar-refractivity contribution < 1.29 is 31.4 Å². The van der Waals surface area contributed by atoms with Gasteiger partial charge in [0, 0.05) is 19.2 Å². The van der Waals surface area contributed by atoms with E-state index in [9.17, 15) is 26.3 Å². The Bertz CT molecular complexity index is 759. The molecule has 13 heteroatoms. The lowest BCUT2D eigenvalue weighted by Crippen LogP contribution is -2.35. The van der Waals surface area contributed by atoms with Crippen molar-refractivity contribution in [2.75, 3.05) is 18.8 Å². The maximum Gasteiger partial charge on any atom is 0.459 e. The van der Waals surface area contributed by atoms with Gasteiger partial charge in [-0.25, -0.2) is 13.9 Å². The number of anilines is 1. The minimum Gasteiger partial charge on any atom is -0.392 e. The van der Waals surface area contributed by atoms with Gasteiger partial charge in [0.15, 0.2) is 5.82 Å². The fraction of sp³-hybridized carbons (Fsp3) is 0.538. The van der Waals surface area contributed by atoms with Crippen molar-refractivity contribution in [3.8, 4) is 0 Å². The fourth-order valence-electron chi connectivity index (χ4n) is 2.27. The molecule has 2 aromatic heterocycles. The average Bonchev–Trinajstić information content (AvgIpc) is 2.83. The van der Waals surface area contributed by atoms with Gasteiger partial charge in [-0.2, -0.15) is 22.0 Å². The Hall–Kier alpha value is -1.73. The average molecular weight is 403 g/mol. The molecule has 0 aromatic carbocycles. The Balaban J connectivity index is 0.000000254. The van der Waals surface area contributed by atoms with E-state index >= 15 is 0 Å². The van der Waals surface area contributed by atoms with Crippen LogP contribution in [0.4, 0.5) is 32.3 Å². The molecule has 1 aliphatic heterocycles. The van der Waals surface area contributed by atoms with Crippen LogP contribution in [0.15, 0.2) is 12.3 Å². The highest BCUT2D eigenvalue weighted by Crippen LogP contribution is 2.44. The zero-order chi connectivity index (χ0) is 19.7. The van der Waals surface area contributed by atoms with E-state index in [1.807, 2.05) is 4.31 Å². The highest BCUT2D eigenvalue weighted by Gasteiger charge is 2.60. The number of nitrogen functional groups attached to an aromatic ring is 1. The van der Waals surface area contributed by atoms with Crippen LogP contribution in [0.5, 0.6) is 0 Å². The Labute approximate surface area is 149 Å². The molecule has 26 heavy (non-hydrogen) atoms. The summed E-state index contributed by atoms with van der Waals surface area (Å²) in [5.41, 5.74) is 2.78. The first-order valence-electron chi connectivity index (χ1n) is 7.30. The smallest absolute Gasteiger partial charge is 0.392 e. The van der Waals surface area contributed by atoms with Gasteiger partial charge in [0.2, 0.25) is 5.95 Å². The quantitative estimate of drug-likeness (QED) is 0.503. The van der Waals surface area contributed by atoms with Gasteiger partial charge in [-0.3, -0.25) is 4.31 Å². The minimum atomic E-state index is -5.87. The Kier molecular flexibility index (Phi) is 5.92. The Morgan fingerprint density at radius 3 is 2.42 bits per heavy atom. The molecule has 0 radical (unpaired) electrons. The number of halogens is 6. The Morgan fingerprint density at radius 2 is 1.92 bits per heavy atom. The number of hydrogen-bond donors (Lipinski definition) is 3. The molecule has 1 fully saturated rings. The molecule has 0 bridgehead atoms. The minimum absolute atomic E-state index is 0.0525. The van der Waals surface area contributed by atoms with E-state index in [0.29, 0.717) is 6.20 Å². The van der Waals surface area contributed by atoms with Gasteiger partial charge < -0.3 is 10.8 Å².